The van der Waals surface area contributed by atoms with E-state index >= 15 is 0 Å². The number of tetrazole rings is 1. The van der Waals surface area contributed by atoms with Gasteiger partial charge in [0.2, 0.25) is 5.16 Å². The zero-order valence-corrected chi connectivity index (χ0v) is 14.6. The zero-order valence-electron chi connectivity index (χ0n) is 12.2. The van der Waals surface area contributed by atoms with Gasteiger partial charge in [0.25, 0.3) is 0 Å². The van der Waals surface area contributed by atoms with Crippen LogP contribution in [-0.4, -0.2) is 31.2 Å². The molecule has 23 heavy (non-hydrogen) atoms. The van der Waals surface area contributed by atoms with Crippen LogP contribution in [0.2, 0.25) is 0 Å². The van der Waals surface area contributed by atoms with Gasteiger partial charge in [-0.05, 0) is 41.6 Å². The minimum absolute atomic E-state index is 0.0371. The average Bonchev–Trinajstić information content (AvgIpc) is 3.20. The van der Waals surface area contributed by atoms with Gasteiger partial charge in [-0.2, -0.15) is 0 Å². The van der Waals surface area contributed by atoms with Gasteiger partial charge in [-0.25, -0.2) is 4.68 Å². The standard InChI is InChI=1S/C15H13BrN4O2S/c1-10(14(21)11-4-6-12(16)7-5-11)23-15-17-18-19-20(15)9-13-3-2-8-22-13/h2-8,10H,9H2,1H3. The molecule has 2 heterocycles. The summed E-state index contributed by atoms with van der Waals surface area (Å²) in [5.41, 5.74) is 0.665. The molecule has 0 aliphatic carbocycles. The summed E-state index contributed by atoms with van der Waals surface area (Å²) in [5, 5.41) is 11.9. The van der Waals surface area contributed by atoms with Gasteiger partial charge in [0, 0.05) is 10.0 Å². The Labute approximate surface area is 145 Å². The Morgan fingerprint density at radius 1 is 1.35 bits per heavy atom. The second-order valence-corrected chi connectivity index (χ2v) is 7.05. The monoisotopic (exact) mass is 392 g/mol. The van der Waals surface area contributed by atoms with Crippen LogP contribution in [0.15, 0.2) is 56.7 Å². The van der Waals surface area contributed by atoms with Crippen molar-refractivity contribution in [3.63, 3.8) is 0 Å². The molecule has 1 atom stereocenters. The largest absolute Gasteiger partial charge is 0.467 e. The van der Waals surface area contributed by atoms with E-state index in [1.54, 1.807) is 23.1 Å². The van der Waals surface area contributed by atoms with Crippen molar-refractivity contribution >= 4 is 33.5 Å². The van der Waals surface area contributed by atoms with Crippen molar-refractivity contribution < 1.29 is 9.21 Å². The molecule has 0 aliphatic rings. The van der Waals surface area contributed by atoms with E-state index in [-0.39, 0.29) is 11.0 Å². The van der Waals surface area contributed by atoms with Crippen LogP contribution in [0.4, 0.5) is 0 Å². The highest BCUT2D eigenvalue weighted by atomic mass is 79.9. The van der Waals surface area contributed by atoms with Crippen LogP contribution < -0.4 is 0 Å². The fourth-order valence-electron chi connectivity index (χ4n) is 1.99. The molecule has 1 unspecified atom stereocenters. The number of carbonyl (C=O) groups is 1. The van der Waals surface area contributed by atoms with E-state index in [1.807, 2.05) is 31.2 Å². The predicted octanol–water partition coefficient (Wildman–Crippen LogP) is 3.44. The second-order valence-electron chi connectivity index (χ2n) is 4.83. The van der Waals surface area contributed by atoms with Crippen molar-refractivity contribution in [1.82, 2.24) is 20.2 Å². The molecule has 2 aromatic heterocycles. The Hall–Kier alpha value is -1.93. The van der Waals surface area contributed by atoms with Crippen LogP contribution in [0.25, 0.3) is 0 Å². The summed E-state index contributed by atoms with van der Waals surface area (Å²) in [7, 11) is 0. The number of aromatic nitrogens is 4. The van der Waals surface area contributed by atoms with Crippen molar-refractivity contribution in [3.8, 4) is 0 Å². The Morgan fingerprint density at radius 2 is 2.13 bits per heavy atom. The first-order valence-corrected chi connectivity index (χ1v) is 8.56. The van der Waals surface area contributed by atoms with Gasteiger partial charge in [0.1, 0.15) is 12.3 Å². The Kier molecular flexibility index (Phi) is 4.92. The van der Waals surface area contributed by atoms with Gasteiger partial charge in [0.15, 0.2) is 5.78 Å². The summed E-state index contributed by atoms with van der Waals surface area (Å²) in [4.78, 5) is 12.5. The van der Waals surface area contributed by atoms with Gasteiger partial charge in [-0.1, -0.05) is 39.8 Å². The number of halogens is 1. The topological polar surface area (TPSA) is 73.8 Å². The van der Waals surface area contributed by atoms with Gasteiger partial charge in [-0.3, -0.25) is 4.79 Å². The molecule has 1 aromatic carbocycles. The number of ketones is 1. The molecule has 0 saturated heterocycles. The summed E-state index contributed by atoms with van der Waals surface area (Å²) in [6.45, 7) is 2.28. The molecule has 0 bridgehead atoms. The van der Waals surface area contributed by atoms with E-state index in [2.05, 4.69) is 31.5 Å². The molecule has 6 nitrogen and oxygen atoms in total. The number of hydrogen-bond donors (Lipinski definition) is 0. The summed E-state index contributed by atoms with van der Waals surface area (Å²) in [5.74, 6) is 0.793. The summed E-state index contributed by atoms with van der Waals surface area (Å²) >= 11 is 4.69. The maximum Gasteiger partial charge on any atom is 0.210 e. The number of benzene rings is 1. The van der Waals surface area contributed by atoms with E-state index in [9.17, 15) is 4.79 Å². The highest BCUT2D eigenvalue weighted by Gasteiger charge is 2.20. The highest BCUT2D eigenvalue weighted by molar-refractivity contribution is 9.10. The minimum Gasteiger partial charge on any atom is -0.467 e. The number of rotatable bonds is 6. The molecule has 8 heteroatoms. The molecule has 0 N–H and O–H groups in total. The average molecular weight is 393 g/mol. The number of hydrogen-bond acceptors (Lipinski definition) is 6. The lowest BCUT2D eigenvalue weighted by molar-refractivity contribution is 0.0994. The maximum absolute atomic E-state index is 12.5. The third-order valence-corrected chi connectivity index (χ3v) is 4.76. The molecular formula is C15H13BrN4O2S. The van der Waals surface area contributed by atoms with Gasteiger partial charge in [-0.15, -0.1) is 5.10 Å². The lowest BCUT2D eigenvalue weighted by atomic mass is 10.1. The van der Waals surface area contributed by atoms with Crippen LogP contribution in [0, 0.1) is 0 Å². The molecule has 0 spiro atoms. The molecule has 118 valence electrons. The lowest BCUT2D eigenvalue weighted by Gasteiger charge is -2.09. The van der Waals surface area contributed by atoms with Gasteiger partial charge < -0.3 is 4.42 Å². The third kappa shape index (κ3) is 3.89. The molecular weight excluding hydrogens is 380 g/mol. The first-order chi connectivity index (χ1) is 11.1. The Balaban J connectivity index is 1.70. The molecule has 0 radical (unpaired) electrons. The zero-order chi connectivity index (χ0) is 16.2. The van der Waals surface area contributed by atoms with Crippen LogP contribution in [-0.2, 0) is 6.54 Å². The van der Waals surface area contributed by atoms with Crippen molar-refractivity contribution in [2.75, 3.05) is 0 Å². The van der Waals surface area contributed by atoms with E-state index in [0.29, 0.717) is 17.3 Å². The lowest BCUT2D eigenvalue weighted by Crippen LogP contribution is -2.15. The molecule has 0 aliphatic heterocycles. The normalized spacial score (nSPS) is 12.3. The first kappa shape index (κ1) is 15.9. The molecule has 3 aromatic rings. The predicted molar refractivity (Wildman–Crippen MR) is 89.4 cm³/mol. The Bertz CT molecular complexity index is 786. The van der Waals surface area contributed by atoms with Crippen molar-refractivity contribution in [2.45, 2.75) is 23.9 Å². The fourth-order valence-corrected chi connectivity index (χ4v) is 3.12. The SMILES string of the molecule is CC(Sc1nnnn1Cc1ccco1)C(=O)c1ccc(Br)cc1. The number of nitrogens with zero attached hydrogens (tertiary/aromatic N) is 4. The number of Topliss-reactive ketones (excluding diaryl/α,β-unsaturated/α-hetero) is 1. The smallest absolute Gasteiger partial charge is 0.210 e. The van der Waals surface area contributed by atoms with Crippen LogP contribution in [0.5, 0.6) is 0 Å². The van der Waals surface area contributed by atoms with E-state index < -0.39 is 0 Å². The van der Waals surface area contributed by atoms with Crippen LogP contribution >= 0.6 is 27.7 Å². The molecule has 0 amide bonds. The van der Waals surface area contributed by atoms with Gasteiger partial charge >= 0.3 is 0 Å². The quantitative estimate of drug-likeness (QED) is 0.472. The van der Waals surface area contributed by atoms with Crippen molar-refractivity contribution in [1.29, 1.82) is 0 Å². The first-order valence-electron chi connectivity index (χ1n) is 6.88. The summed E-state index contributed by atoms with van der Waals surface area (Å²) < 4.78 is 7.86. The van der Waals surface area contributed by atoms with E-state index in [0.717, 1.165) is 10.2 Å². The minimum atomic E-state index is -0.294. The third-order valence-electron chi connectivity index (χ3n) is 3.16. The van der Waals surface area contributed by atoms with E-state index in [1.165, 1.54) is 11.8 Å². The Morgan fingerprint density at radius 3 is 2.83 bits per heavy atom. The summed E-state index contributed by atoms with van der Waals surface area (Å²) in [6, 6.07) is 11.0. The van der Waals surface area contributed by atoms with Crippen molar-refractivity contribution in [3.05, 3.63) is 58.5 Å². The fraction of sp³-hybridized carbons (Fsp3) is 0.200. The molecule has 0 fully saturated rings. The van der Waals surface area contributed by atoms with Crippen LogP contribution in [0.3, 0.4) is 0 Å². The molecule has 0 saturated carbocycles. The van der Waals surface area contributed by atoms with E-state index in [4.69, 9.17) is 4.42 Å². The maximum atomic E-state index is 12.5. The summed E-state index contributed by atoms with van der Waals surface area (Å²) in [6.07, 6.45) is 1.60. The van der Waals surface area contributed by atoms with Crippen LogP contribution in [0.1, 0.15) is 23.0 Å². The van der Waals surface area contributed by atoms with Gasteiger partial charge in [0.05, 0.1) is 11.5 Å². The van der Waals surface area contributed by atoms with Crippen molar-refractivity contribution in [2.24, 2.45) is 0 Å². The second kappa shape index (κ2) is 7.10. The molecule has 3 rings (SSSR count). The number of furan rings is 1. The number of thioether (sulfide) groups is 1. The number of carbonyl (C=O) groups excluding carboxylic acids is 1. The highest BCUT2D eigenvalue weighted by Crippen LogP contribution is 2.24.